The zero-order valence-corrected chi connectivity index (χ0v) is 14.3. The lowest BCUT2D eigenvalue weighted by atomic mass is 9.88. The van der Waals surface area contributed by atoms with E-state index < -0.39 is 0 Å². The predicted molar refractivity (Wildman–Crippen MR) is 91.2 cm³/mol. The zero-order valence-electron chi connectivity index (χ0n) is 14.3. The first-order valence-corrected chi connectivity index (χ1v) is 8.62. The molecular weight excluding hydrogens is 309 g/mol. The first-order chi connectivity index (χ1) is 11.6. The third-order valence-electron chi connectivity index (χ3n) is 4.40. The van der Waals surface area contributed by atoms with Gasteiger partial charge in [0.25, 0.3) is 0 Å². The number of carbonyl (C=O) groups excluding carboxylic acids is 2. The van der Waals surface area contributed by atoms with Gasteiger partial charge in [-0.1, -0.05) is 25.5 Å². The average molecular weight is 335 g/mol. The van der Waals surface area contributed by atoms with Crippen molar-refractivity contribution in [3.63, 3.8) is 0 Å². The molecule has 6 heteroatoms. The Kier molecular flexibility index (Phi) is 6.58. The van der Waals surface area contributed by atoms with Crippen molar-refractivity contribution < 1.29 is 14.0 Å². The highest BCUT2D eigenvalue weighted by Crippen LogP contribution is 2.33. The topological polar surface area (TPSA) is 61.4 Å². The Labute approximate surface area is 142 Å². The number of urea groups is 1. The Bertz CT molecular complexity index is 562. The second-order valence-electron chi connectivity index (χ2n) is 6.15. The third-order valence-corrected chi connectivity index (χ3v) is 4.40. The number of rotatable bonds is 6. The van der Waals surface area contributed by atoms with E-state index in [1.54, 1.807) is 17.0 Å². The van der Waals surface area contributed by atoms with Crippen LogP contribution in [0.4, 0.5) is 9.18 Å². The molecule has 2 N–H and O–H groups in total. The van der Waals surface area contributed by atoms with Gasteiger partial charge in [-0.05, 0) is 31.0 Å². The highest BCUT2D eigenvalue weighted by molar-refractivity contribution is 5.82. The summed E-state index contributed by atoms with van der Waals surface area (Å²) in [7, 11) is 0. The molecule has 132 valence electrons. The molecule has 1 aromatic carbocycles. The van der Waals surface area contributed by atoms with E-state index in [4.69, 9.17) is 0 Å². The number of halogens is 1. The van der Waals surface area contributed by atoms with Crippen LogP contribution in [0, 0.1) is 11.7 Å². The van der Waals surface area contributed by atoms with Crippen LogP contribution in [0.15, 0.2) is 24.3 Å². The van der Waals surface area contributed by atoms with Crippen molar-refractivity contribution in [1.82, 2.24) is 15.5 Å². The average Bonchev–Trinajstić information content (AvgIpc) is 3.01. The first kappa shape index (κ1) is 18.2. The van der Waals surface area contributed by atoms with E-state index in [1.165, 1.54) is 12.1 Å². The summed E-state index contributed by atoms with van der Waals surface area (Å²) in [4.78, 5) is 26.3. The second kappa shape index (κ2) is 8.66. The van der Waals surface area contributed by atoms with Crippen molar-refractivity contribution in [3.05, 3.63) is 35.6 Å². The molecule has 0 bridgehead atoms. The number of benzene rings is 1. The molecule has 5 nitrogen and oxygen atoms in total. The van der Waals surface area contributed by atoms with Crippen LogP contribution < -0.4 is 10.6 Å². The number of unbranched alkanes of at least 4 members (excludes halogenated alkanes) is 1. The lowest BCUT2D eigenvalue weighted by Gasteiger charge is -2.18. The number of likely N-dealkylation sites (tertiary alicyclic amines) is 1. The summed E-state index contributed by atoms with van der Waals surface area (Å²) in [5.74, 6) is -0.768. The van der Waals surface area contributed by atoms with Gasteiger partial charge in [-0.3, -0.25) is 4.79 Å². The molecule has 0 radical (unpaired) electrons. The monoisotopic (exact) mass is 335 g/mol. The van der Waals surface area contributed by atoms with Crippen LogP contribution in [0.25, 0.3) is 0 Å². The summed E-state index contributed by atoms with van der Waals surface area (Å²) < 4.78 is 13.2. The molecule has 1 heterocycles. The largest absolute Gasteiger partial charge is 0.356 e. The predicted octanol–water partition coefficient (Wildman–Crippen LogP) is 2.49. The number of hydrogen-bond donors (Lipinski definition) is 2. The first-order valence-electron chi connectivity index (χ1n) is 8.62. The van der Waals surface area contributed by atoms with E-state index in [-0.39, 0.29) is 29.6 Å². The van der Waals surface area contributed by atoms with Crippen LogP contribution in [0.3, 0.4) is 0 Å². The van der Waals surface area contributed by atoms with E-state index in [2.05, 4.69) is 17.6 Å². The highest BCUT2D eigenvalue weighted by Gasteiger charge is 2.40. The summed E-state index contributed by atoms with van der Waals surface area (Å²) in [5, 5.41) is 5.73. The Hall–Kier alpha value is -2.11. The van der Waals surface area contributed by atoms with Crippen LogP contribution in [-0.2, 0) is 4.79 Å². The minimum Gasteiger partial charge on any atom is -0.356 e. The molecule has 1 saturated heterocycles. The Balaban J connectivity index is 2.14. The third kappa shape index (κ3) is 4.46. The van der Waals surface area contributed by atoms with Crippen LogP contribution in [0.5, 0.6) is 0 Å². The van der Waals surface area contributed by atoms with E-state index in [0.717, 1.165) is 18.4 Å². The number of amides is 3. The molecule has 2 unspecified atom stereocenters. The van der Waals surface area contributed by atoms with Gasteiger partial charge in [-0.2, -0.15) is 0 Å². The van der Waals surface area contributed by atoms with Gasteiger partial charge in [-0.25, -0.2) is 9.18 Å². The molecule has 0 spiro atoms. The molecule has 24 heavy (non-hydrogen) atoms. The normalized spacial score (nSPS) is 20.0. The second-order valence-corrected chi connectivity index (χ2v) is 6.15. The quantitative estimate of drug-likeness (QED) is 0.785. The SMILES string of the molecule is CCCCNC(=O)C1CN(C(=O)NCC)CC1c1ccc(F)cc1. The van der Waals surface area contributed by atoms with Crippen molar-refractivity contribution in [2.45, 2.75) is 32.6 Å². The number of nitrogens with zero attached hydrogens (tertiary/aromatic N) is 1. The molecule has 1 aliphatic rings. The maximum Gasteiger partial charge on any atom is 0.317 e. The van der Waals surface area contributed by atoms with Gasteiger partial charge in [0.05, 0.1) is 5.92 Å². The summed E-state index contributed by atoms with van der Waals surface area (Å²) in [6, 6.07) is 6.04. The van der Waals surface area contributed by atoms with Gasteiger partial charge in [0.15, 0.2) is 0 Å². The fourth-order valence-corrected chi connectivity index (χ4v) is 3.07. The molecule has 1 fully saturated rings. The van der Waals surface area contributed by atoms with E-state index in [1.807, 2.05) is 6.92 Å². The molecular formula is C18H26FN3O2. The standard InChI is InChI=1S/C18H26FN3O2/c1-3-5-10-21-17(23)16-12-22(18(24)20-4-2)11-15(16)13-6-8-14(19)9-7-13/h6-9,15-16H,3-5,10-12H2,1-2H3,(H,20,24)(H,21,23). The summed E-state index contributed by atoms with van der Waals surface area (Å²) in [6.45, 7) is 5.96. The minimum atomic E-state index is -0.310. The van der Waals surface area contributed by atoms with Gasteiger partial charge in [-0.15, -0.1) is 0 Å². The molecule has 3 amide bonds. The molecule has 0 aliphatic carbocycles. The van der Waals surface area contributed by atoms with Gasteiger partial charge in [0.2, 0.25) is 5.91 Å². The zero-order chi connectivity index (χ0) is 17.5. The number of nitrogens with one attached hydrogen (secondary N) is 2. The molecule has 2 atom stereocenters. The van der Waals surface area contributed by atoms with E-state index in [9.17, 15) is 14.0 Å². The van der Waals surface area contributed by atoms with E-state index >= 15 is 0 Å². The van der Waals surface area contributed by atoms with Crippen molar-refractivity contribution >= 4 is 11.9 Å². The van der Waals surface area contributed by atoms with Crippen molar-refractivity contribution in [2.75, 3.05) is 26.2 Å². The summed E-state index contributed by atoms with van der Waals surface area (Å²) in [5.41, 5.74) is 0.888. The van der Waals surface area contributed by atoms with Crippen LogP contribution in [0.1, 0.15) is 38.2 Å². The van der Waals surface area contributed by atoms with Gasteiger partial charge in [0, 0.05) is 32.1 Å². The number of hydrogen-bond acceptors (Lipinski definition) is 2. The summed E-state index contributed by atoms with van der Waals surface area (Å²) in [6.07, 6.45) is 1.94. The highest BCUT2D eigenvalue weighted by atomic mass is 19.1. The van der Waals surface area contributed by atoms with Crippen molar-refractivity contribution in [2.24, 2.45) is 5.92 Å². The van der Waals surface area contributed by atoms with E-state index in [0.29, 0.717) is 26.2 Å². The lowest BCUT2D eigenvalue weighted by molar-refractivity contribution is -0.124. The maximum atomic E-state index is 13.2. The van der Waals surface area contributed by atoms with Gasteiger partial charge < -0.3 is 15.5 Å². The fraction of sp³-hybridized carbons (Fsp3) is 0.556. The summed E-state index contributed by atoms with van der Waals surface area (Å²) >= 11 is 0. The molecule has 0 saturated carbocycles. The smallest absolute Gasteiger partial charge is 0.317 e. The Morgan fingerprint density at radius 3 is 2.50 bits per heavy atom. The minimum absolute atomic E-state index is 0.0374. The van der Waals surface area contributed by atoms with Crippen LogP contribution >= 0.6 is 0 Å². The van der Waals surface area contributed by atoms with Crippen LogP contribution in [0.2, 0.25) is 0 Å². The molecule has 0 aromatic heterocycles. The number of carbonyl (C=O) groups is 2. The van der Waals surface area contributed by atoms with Crippen LogP contribution in [-0.4, -0.2) is 43.0 Å². The molecule has 1 aromatic rings. The lowest BCUT2D eigenvalue weighted by Crippen LogP contribution is -2.40. The van der Waals surface area contributed by atoms with Crippen molar-refractivity contribution in [1.29, 1.82) is 0 Å². The fourth-order valence-electron chi connectivity index (χ4n) is 3.07. The Morgan fingerprint density at radius 1 is 1.17 bits per heavy atom. The Morgan fingerprint density at radius 2 is 1.88 bits per heavy atom. The van der Waals surface area contributed by atoms with Gasteiger partial charge in [0.1, 0.15) is 5.82 Å². The van der Waals surface area contributed by atoms with Gasteiger partial charge >= 0.3 is 6.03 Å². The molecule has 2 rings (SSSR count). The maximum absolute atomic E-state index is 13.2. The molecule has 1 aliphatic heterocycles. The van der Waals surface area contributed by atoms with Crippen molar-refractivity contribution in [3.8, 4) is 0 Å².